The van der Waals surface area contributed by atoms with E-state index >= 15 is 0 Å². The van der Waals surface area contributed by atoms with Gasteiger partial charge in [0.15, 0.2) is 0 Å². The van der Waals surface area contributed by atoms with Gasteiger partial charge in [-0.05, 0) is 43.8 Å². The van der Waals surface area contributed by atoms with Gasteiger partial charge in [-0.25, -0.2) is 4.39 Å². The lowest BCUT2D eigenvalue weighted by Gasteiger charge is -2.09. The molecule has 0 fully saturated rings. The van der Waals surface area contributed by atoms with E-state index in [2.05, 4.69) is 41.9 Å². The van der Waals surface area contributed by atoms with Crippen molar-refractivity contribution in [1.82, 2.24) is 0 Å². The van der Waals surface area contributed by atoms with Crippen LogP contribution < -0.4 is 5.30 Å². The molecular formula is C18H18FP. The third-order valence-corrected chi connectivity index (χ3v) is 3.31. The highest BCUT2D eigenvalue weighted by Crippen LogP contribution is 2.23. The molecule has 0 aliphatic carbocycles. The zero-order valence-electron chi connectivity index (χ0n) is 12.0. The molecule has 0 bridgehead atoms. The average molecular weight is 284 g/mol. The molecule has 1 atom stereocenters. The van der Waals surface area contributed by atoms with Crippen LogP contribution in [0.15, 0.2) is 42.5 Å². The van der Waals surface area contributed by atoms with Crippen LogP contribution in [0.4, 0.5) is 4.39 Å². The Labute approximate surface area is 122 Å². The van der Waals surface area contributed by atoms with Crippen molar-refractivity contribution < 1.29 is 4.39 Å². The van der Waals surface area contributed by atoms with E-state index in [-0.39, 0.29) is 11.2 Å². The lowest BCUT2D eigenvalue weighted by Crippen LogP contribution is -2.02. The largest absolute Gasteiger partial charge is 0.206 e. The van der Waals surface area contributed by atoms with E-state index in [1.807, 2.05) is 24.3 Å². The van der Waals surface area contributed by atoms with Gasteiger partial charge in [-0.1, -0.05) is 42.2 Å². The van der Waals surface area contributed by atoms with E-state index in [0.29, 0.717) is 5.56 Å². The van der Waals surface area contributed by atoms with Crippen LogP contribution in [0.25, 0.3) is 11.1 Å². The molecule has 0 nitrogen and oxygen atoms in total. The second-order valence-electron chi connectivity index (χ2n) is 5.78. The van der Waals surface area contributed by atoms with Crippen LogP contribution in [0.2, 0.25) is 0 Å². The standard InChI is InChI=1S/C18H18FP/c1-18(2,3)11-10-14-12-13(8-9-17(14)20)15-6-4-5-7-16(15)19/h4-9,12H,20H2,1-3H3. The first-order valence-corrected chi connectivity index (χ1v) is 7.12. The van der Waals surface area contributed by atoms with Crippen molar-refractivity contribution in [3.8, 4) is 23.0 Å². The van der Waals surface area contributed by atoms with E-state index in [1.165, 1.54) is 6.07 Å². The lowest BCUT2D eigenvalue weighted by atomic mass is 9.96. The number of halogens is 1. The summed E-state index contributed by atoms with van der Waals surface area (Å²) in [7, 11) is 2.68. The molecule has 0 saturated carbocycles. The van der Waals surface area contributed by atoms with Crippen LogP contribution in [-0.2, 0) is 0 Å². The van der Waals surface area contributed by atoms with E-state index in [1.54, 1.807) is 12.1 Å². The fourth-order valence-corrected chi connectivity index (χ4v) is 2.03. The van der Waals surface area contributed by atoms with Crippen molar-refractivity contribution in [2.24, 2.45) is 5.41 Å². The second-order valence-corrected chi connectivity index (χ2v) is 6.40. The molecule has 0 aromatic heterocycles. The quantitative estimate of drug-likeness (QED) is 0.538. The Morgan fingerprint density at radius 3 is 2.40 bits per heavy atom. The minimum atomic E-state index is -0.210. The van der Waals surface area contributed by atoms with Gasteiger partial charge >= 0.3 is 0 Å². The van der Waals surface area contributed by atoms with Crippen molar-refractivity contribution in [3.63, 3.8) is 0 Å². The van der Waals surface area contributed by atoms with Gasteiger partial charge in [0, 0.05) is 16.5 Å². The normalized spacial score (nSPS) is 10.8. The van der Waals surface area contributed by atoms with Gasteiger partial charge in [0.2, 0.25) is 0 Å². The molecular weight excluding hydrogens is 266 g/mol. The van der Waals surface area contributed by atoms with Crippen LogP contribution in [0.3, 0.4) is 0 Å². The fourth-order valence-electron chi connectivity index (χ4n) is 1.78. The van der Waals surface area contributed by atoms with E-state index in [9.17, 15) is 4.39 Å². The summed E-state index contributed by atoms with van der Waals surface area (Å²) in [6, 6.07) is 12.6. The zero-order chi connectivity index (χ0) is 14.8. The first-order valence-electron chi connectivity index (χ1n) is 6.54. The van der Waals surface area contributed by atoms with Crippen LogP contribution in [-0.4, -0.2) is 0 Å². The van der Waals surface area contributed by atoms with E-state index < -0.39 is 0 Å². The molecule has 102 valence electrons. The van der Waals surface area contributed by atoms with E-state index in [0.717, 1.165) is 16.4 Å². The van der Waals surface area contributed by atoms with Crippen molar-refractivity contribution in [2.75, 3.05) is 0 Å². The minimum Gasteiger partial charge on any atom is -0.206 e. The van der Waals surface area contributed by atoms with Gasteiger partial charge in [0.25, 0.3) is 0 Å². The molecule has 0 spiro atoms. The third-order valence-electron chi connectivity index (χ3n) is 2.81. The fraction of sp³-hybridized carbons (Fsp3) is 0.222. The number of hydrogen-bond donors (Lipinski definition) is 0. The highest BCUT2D eigenvalue weighted by molar-refractivity contribution is 7.27. The third kappa shape index (κ3) is 3.69. The molecule has 2 rings (SSSR count). The first-order chi connectivity index (χ1) is 9.37. The summed E-state index contributed by atoms with van der Waals surface area (Å²) in [4.78, 5) is 0. The summed E-state index contributed by atoms with van der Waals surface area (Å²) in [5.41, 5.74) is 2.33. The second kappa shape index (κ2) is 5.78. The van der Waals surface area contributed by atoms with Crippen LogP contribution in [0.5, 0.6) is 0 Å². The van der Waals surface area contributed by atoms with Crippen LogP contribution in [0, 0.1) is 23.1 Å². The molecule has 0 amide bonds. The summed E-state index contributed by atoms with van der Waals surface area (Å²) in [5.74, 6) is 6.19. The summed E-state index contributed by atoms with van der Waals surface area (Å²) in [5, 5.41) is 1.03. The van der Waals surface area contributed by atoms with Crippen molar-refractivity contribution >= 4 is 14.5 Å². The zero-order valence-corrected chi connectivity index (χ0v) is 13.2. The molecule has 0 aliphatic rings. The Hall–Kier alpha value is -1.64. The molecule has 0 radical (unpaired) electrons. The Balaban J connectivity index is 2.49. The Morgan fingerprint density at radius 1 is 1.05 bits per heavy atom. The van der Waals surface area contributed by atoms with Crippen molar-refractivity contribution in [2.45, 2.75) is 20.8 Å². The Kier molecular flexibility index (Phi) is 4.26. The SMILES string of the molecule is CC(C)(C)C#Cc1cc(-c2ccccc2F)ccc1P. The van der Waals surface area contributed by atoms with Gasteiger partial charge in [-0.15, -0.1) is 9.24 Å². The molecule has 0 saturated heterocycles. The maximum atomic E-state index is 13.8. The van der Waals surface area contributed by atoms with Crippen LogP contribution in [0.1, 0.15) is 26.3 Å². The monoisotopic (exact) mass is 284 g/mol. The average Bonchev–Trinajstić information content (AvgIpc) is 2.38. The van der Waals surface area contributed by atoms with Crippen LogP contribution >= 0.6 is 9.24 Å². The molecule has 2 aromatic rings. The minimum absolute atomic E-state index is 0.0505. The van der Waals surface area contributed by atoms with E-state index in [4.69, 9.17) is 0 Å². The molecule has 20 heavy (non-hydrogen) atoms. The highest BCUT2D eigenvalue weighted by atomic mass is 31.0. The Bertz CT molecular complexity index is 685. The maximum absolute atomic E-state index is 13.8. The molecule has 0 N–H and O–H groups in total. The first kappa shape index (κ1) is 14.8. The summed E-state index contributed by atoms with van der Waals surface area (Å²) in [6.45, 7) is 6.22. The molecule has 2 aromatic carbocycles. The molecule has 0 aliphatic heterocycles. The summed E-state index contributed by atoms with van der Waals surface area (Å²) >= 11 is 0. The van der Waals surface area contributed by atoms with Crippen molar-refractivity contribution in [1.29, 1.82) is 0 Å². The summed E-state index contributed by atoms with van der Waals surface area (Å²) in [6.07, 6.45) is 0. The predicted molar refractivity (Wildman–Crippen MR) is 87.5 cm³/mol. The van der Waals surface area contributed by atoms with Gasteiger partial charge in [0.05, 0.1) is 0 Å². The van der Waals surface area contributed by atoms with Gasteiger partial charge in [-0.2, -0.15) is 0 Å². The van der Waals surface area contributed by atoms with Gasteiger partial charge in [-0.3, -0.25) is 0 Å². The molecule has 0 heterocycles. The number of benzene rings is 2. The maximum Gasteiger partial charge on any atom is 0.131 e. The lowest BCUT2D eigenvalue weighted by molar-refractivity contribution is 0.571. The topological polar surface area (TPSA) is 0 Å². The van der Waals surface area contributed by atoms with Gasteiger partial charge < -0.3 is 0 Å². The van der Waals surface area contributed by atoms with Crippen molar-refractivity contribution in [3.05, 3.63) is 53.8 Å². The number of rotatable bonds is 1. The predicted octanol–water partition coefficient (Wildman–Crippen LogP) is 4.39. The number of hydrogen-bond acceptors (Lipinski definition) is 0. The molecule has 2 heteroatoms. The smallest absolute Gasteiger partial charge is 0.131 e. The highest BCUT2D eigenvalue weighted by Gasteiger charge is 2.07. The summed E-state index contributed by atoms with van der Waals surface area (Å²) < 4.78 is 13.8. The van der Waals surface area contributed by atoms with Gasteiger partial charge in [0.1, 0.15) is 5.82 Å². The molecule has 1 unspecified atom stereocenters. The Morgan fingerprint density at radius 2 is 1.75 bits per heavy atom.